The number of fused-ring (bicyclic) bond motifs is 1. The van der Waals surface area contributed by atoms with Crippen LogP contribution < -0.4 is 4.74 Å². The number of nitrogens with zero attached hydrogens (tertiary/aromatic N) is 4. The van der Waals surface area contributed by atoms with Gasteiger partial charge in [0.15, 0.2) is 0 Å². The van der Waals surface area contributed by atoms with Crippen molar-refractivity contribution in [3.8, 4) is 11.8 Å². The second-order valence-corrected chi connectivity index (χ2v) is 6.52. The molecular formula is C17H11ClN4O2S. The molecule has 0 radical (unpaired) electrons. The van der Waals surface area contributed by atoms with Crippen LogP contribution in [-0.2, 0) is 0 Å². The van der Waals surface area contributed by atoms with Crippen molar-refractivity contribution in [3.05, 3.63) is 59.4 Å². The molecule has 0 atom stereocenters. The molecule has 0 aliphatic heterocycles. The Balaban J connectivity index is 1.57. The van der Waals surface area contributed by atoms with Gasteiger partial charge in [-0.15, -0.1) is 0 Å². The minimum atomic E-state index is 0.0550. The summed E-state index contributed by atoms with van der Waals surface area (Å²) in [7, 11) is 0. The Morgan fingerprint density at radius 2 is 1.88 bits per heavy atom. The summed E-state index contributed by atoms with van der Waals surface area (Å²) in [6, 6.07) is 12.8. The largest absolute Gasteiger partial charge is 0.420 e. The van der Waals surface area contributed by atoms with Gasteiger partial charge in [0.05, 0.1) is 5.52 Å². The molecule has 4 aromatic rings. The molecule has 0 spiro atoms. The summed E-state index contributed by atoms with van der Waals surface area (Å²) in [6.07, 6.45) is 1.58. The standard InChI is InChI=1S/C17H11ClN4O2S/c1-10-3-2-4-13-14(10)19-9-20-15(13)25-17-22-21-16(24-17)23-12-7-5-11(18)6-8-12/h2-9H,1H3. The Morgan fingerprint density at radius 1 is 1.04 bits per heavy atom. The van der Waals surface area contributed by atoms with E-state index in [-0.39, 0.29) is 6.08 Å². The quantitative estimate of drug-likeness (QED) is 0.472. The van der Waals surface area contributed by atoms with Crippen LogP contribution in [0.3, 0.4) is 0 Å². The summed E-state index contributed by atoms with van der Waals surface area (Å²) in [6.45, 7) is 2.01. The van der Waals surface area contributed by atoms with Gasteiger partial charge >= 0.3 is 6.08 Å². The fraction of sp³-hybridized carbons (Fsp3) is 0.0588. The van der Waals surface area contributed by atoms with E-state index in [1.807, 2.05) is 25.1 Å². The van der Waals surface area contributed by atoms with Crippen molar-refractivity contribution >= 4 is 34.3 Å². The third-order valence-corrected chi connectivity index (χ3v) is 4.53. The molecule has 8 heteroatoms. The van der Waals surface area contributed by atoms with Gasteiger partial charge in [0.25, 0.3) is 5.22 Å². The molecule has 25 heavy (non-hydrogen) atoms. The van der Waals surface area contributed by atoms with Crippen molar-refractivity contribution in [2.45, 2.75) is 17.2 Å². The summed E-state index contributed by atoms with van der Waals surface area (Å²) in [5.41, 5.74) is 1.98. The third-order valence-electron chi connectivity index (χ3n) is 3.42. The molecular weight excluding hydrogens is 360 g/mol. The molecule has 0 saturated carbocycles. The molecule has 6 nitrogen and oxygen atoms in total. The van der Waals surface area contributed by atoms with Crippen molar-refractivity contribution in [3.63, 3.8) is 0 Å². The first-order chi connectivity index (χ1) is 12.2. The number of hydrogen-bond donors (Lipinski definition) is 0. The highest BCUT2D eigenvalue weighted by Crippen LogP contribution is 2.33. The van der Waals surface area contributed by atoms with Crippen LogP contribution in [0, 0.1) is 6.92 Å². The Labute approximate surface area is 152 Å². The molecule has 2 aromatic heterocycles. The fourth-order valence-electron chi connectivity index (χ4n) is 2.26. The molecule has 0 fully saturated rings. The summed E-state index contributed by atoms with van der Waals surface area (Å²) < 4.78 is 11.0. The molecule has 0 bridgehead atoms. The van der Waals surface area contributed by atoms with E-state index in [9.17, 15) is 0 Å². The predicted molar refractivity (Wildman–Crippen MR) is 94.2 cm³/mol. The predicted octanol–water partition coefficient (Wildman–Crippen LogP) is 4.92. The summed E-state index contributed by atoms with van der Waals surface area (Å²) in [5, 5.41) is 10.5. The van der Waals surface area contributed by atoms with Crippen molar-refractivity contribution in [2.24, 2.45) is 0 Å². The number of halogens is 1. The lowest BCUT2D eigenvalue weighted by Crippen LogP contribution is -1.89. The Morgan fingerprint density at radius 3 is 2.72 bits per heavy atom. The van der Waals surface area contributed by atoms with Gasteiger partial charge in [-0.1, -0.05) is 40.0 Å². The topological polar surface area (TPSA) is 73.9 Å². The lowest BCUT2D eigenvalue weighted by Gasteiger charge is -2.03. The normalized spacial score (nSPS) is 11.0. The molecule has 0 aliphatic carbocycles. The number of benzene rings is 2. The van der Waals surface area contributed by atoms with E-state index in [4.69, 9.17) is 20.8 Å². The Hall–Kier alpha value is -2.64. The van der Waals surface area contributed by atoms with E-state index in [0.717, 1.165) is 21.5 Å². The van der Waals surface area contributed by atoms with Gasteiger partial charge in [-0.3, -0.25) is 0 Å². The summed E-state index contributed by atoms with van der Waals surface area (Å²) in [4.78, 5) is 8.64. The van der Waals surface area contributed by atoms with Gasteiger partial charge < -0.3 is 9.15 Å². The average molecular weight is 371 g/mol. The number of ether oxygens (including phenoxy) is 1. The smallest absolute Gasteiger partial charge is 0.410 e. The zero-order valence-electron chi connectivity index (χ0n) is 13.0. The van der Waals surface area contributed by atoms with Crippen LogP contribution in [0.1, 0.15) is 5.56 Å². The number of para-hydroxylation sites is 1. The Bertz CT molecular complexity index is 1040. The number of aryl methyl sites for hydroxylation is 1. The number of rotatable bonds is 4. The molecule has 124 valence electrons. The van der Waals surface area contributed by atoms with E-state index in [2.05, 4.69) is 20.2 Å². The van der Waals surface area contributed by atoms with Crippen LogP contribution in [-0.4, -0.2) is 20.2 Å². The maximum atomic E-state index is 5.85. The van der Waals surface area contributed by atoms with E-state index in [1.165, 1.54) is 18.1 Å². The maximum absolute atomic E-state index is 5.85. The first-order valence-electron chi connectivity index (χ1n) is 7.34. The highest BCUT2D eigenvalue weighted by molar-refractivity contribution is 7.99. The van der Waals surface area contributed by atoms with Crippen LogP contribution in [0.15, 0.2) is 63.5 Å². The molecule has 0 unspecified atom stereocenters. The molecule has 2 aromatic carbocycles. The zero-order valence-corrected chi connectivity index (χ0v) is 14.6. The third kappa shape index (κ3) is 3.42. The van der Waals surface area contributed by atoms with Crippen LogP contribution in [0.25, 0.3) is 10.9 Å². The highest BCUT2D eigenvalue weighted by Gasteiger charge is 2.13. The first-order valence-corrected chi connectivity index (χ1v) is 8.53. The Kier molecular flexibility index (Phi) is 4.25. The van der Waals surface area contributed by atoms with Crippen molar-refractivity contribution in [1.29, 1.82) is 0 Å². The van der Waals surface area contributed by atoms with Gasteiger partial charge in [0.1, 0.15) is 17.1 Å². The van der Waals surface area contributed by atoms with E-state index in [1.54, 1.807) is 24.3 Å². The van der Waals surface area contributed by atoms with E-state index in [0.29, 0.717) is 16.0 Å². The molecule has 2 heterocycles. The number of aromatic nitrogens is 4. The second-order valence-electron chi connectivity index (χ2n) is 5.14. The maximum Gasteiger partial charge on any atom is 0.420 e. The van der Waals surface area contributed by atoms with Gasteiger partial charge in [0, 0.05) is 10.4 Å². The van der Waals surface area contributed by atoms with Gasteiger partial charge in [-0.2, -0.15) is 0 Å². The summed E-state index contributed by atoms with van der Waals surface area (Å²) in [5.74, 6) is 0.563. The van der Waals surface area contributed by atoms with Crippen LogP contribution in [0.5, 0.6) is 11.8 Å². The number of hydrogen-bond acceptors (Lipinski definition) is 7. The average Bonchev–Trinajstić information content (AvgIpc) is 3.05. The minimum absolute atomic E-state index is 0.0550. The minimum Gasteiger partial charge on any atom is -0.410 e. The zero-order chi connectivity index (χ0) is 17.2. The molecule has 0 N–H and O–H groups in total. The van der Waals surface area contributed by atoms with Crippen molar-refractivity contribution < 1.29 is 9.15 Å². The van der Waals surface area contributed by atoms with Gasteiger partial charge in [-0.25, -0.2) is 9.97 Å². The second kappa shape index (κ2) is 6.70. The van der Waals surface area contributed by atoms with Gasteiger partial charge in [-0.05, 0) is 48.5 Å². The molecule has 0 saturated heterocycles. The van der Waals surface area contributed by atoms with Crippen LogP contribution in [0.4, 0.5) is 0 Å². The van der Waals surface area contributed by atoms with E-state index >= 15 is 0 Å². The highest BCUT2D eigenvalue weighted by atomic mass is 35.5. The van der Waals surface area contributed by atoms with Crippen LogP contribution >= 0.6 is 23.4 Å². The van der Waals surface area contributed by atoms with Crippen molar-refractivity contribution in [1.82, 2.24) is 20.2 Å². The monoisotopic (exact) mass is 370 g/mol. The van der Waals surface area contributed by atoms with E-state index < -0.39 is 0 Å². The molecule has 0 aliphatic rings. The SMILES string of the molecule is Cc1cccc2c(Sc3nnc(Oc4ccc(Cl)cc4)o3)ncnc12. The van der Waals surface area contributed by atoms with Crippen molar-refractivity contribution in [2.75, 3.05) is 0 Å². The molecule has 4 rings (SSSR count). The lowest BCUT2D eigenvalue weighted by molar-refractivity contribution is 0.301. The summed E-state index contributed by atoms with van der Waals surface area (Å²) >= 11 is 7.11. The fourth-order valence-corrected chi connectivity index (χ4v) is 3.12. The lowest BCUT2D eigenvalue weighted by atomic mass is 10.1. The van der Waals surface area contributed by atoms with Crippen LogP contribution in [0.2, 0.25) is 5.02 Å². The van der Waals surface area contributed by atoms with Gasteiger partial charge in [0.2, 0.25) is 0 Å². The molecule has 0 amide bonds. The first kappa shape index (κ1) is 15.9.